The van der Waals surface area contributed by atoms with Crippen molar-refractivity contribution in [1.29, 1.82) is 0 Å². The topological polar surface area (TPSA) is 157 Å². The van der Waals surface area contributed by atoms with Gasteiger partial charge < -0.3 is 36.3 Å². The summed E-state index contributed by atoms with van der Waals surface area (Å²) in [6.07, 6.45) is 9.41. The van der Waals surface area contributed by atoms with Gasteiger partial charge in [0.05, 0.1) is 6.10 Å². The second-order valence-electron chi connectivity index (χ2n) is 18.6. The summed E-state index contributed by atoms with van der Waals surface area (Å²) in [5.74, 6) is 0.260. The first kappa shape index (κ1) is 43.0. The van der Waals surface area contributed by atoms with Gasteiger partial charge >= 0.3 is 11.9 Å². The molecule has 1 amide bonds. The number of carbonyl (C=O) groups is 3. The lowest BCUT2D eigenvalue weighted by atomic mass is 9.36. The molecule has 0 radical (unpaired) electrons. The van der Waals surface area contributed by atoms with Crippen molar-refractivity contribution >= 4 is 17.8 Å². The average Bonchev–Trinajstić information content (AvgIpc) is 3.34. The molecule has 4 aliphatic rings. The summed E-state index contributed by atoms with van der Waals surface area (Å²) in [5, 5.41) is 15.8. The molecule has 0 aromatic heterocycles. The normalized spacial score (nSPS) is 37.6. The molecular weight excluding hydrogens is 656 g/mol. The van der Waals surface area contributed by atoms with Gasteiger partial charge in [-0.05, 0) is 143 Å². The molecule has 52 heavy (non-hydrogen) atoms. The van der Waals surface area contributed by atoms with Crippen LogP contribution in [0, 0.1) is 57.7 Å². The lowest BCUT2D eigenvalue weighted by Crippen LogP contribution is -2.66. The van der Waals surface area contributed by atoms with Gasteiger partial charge in [-0.15, -0.1) is 0 Å². The van der Waals surface area contributed by atoms with Crippen molar-refractivity contribution in [2.45, 2.75) is 151 Å². The number of ether oxygens (including phenoxy) is 2. The van der Waals surface area contributed by atoms with Crippen molar-refractivity contribution in [2.75, 3.05) is 39.3 Å². The molecule has 0 heterocycles. The smallest absolute Gasteiger partial charge is 0.302 e. The third-order valence-corrected chi connectivity index (χ3v) is 15.0. The maximum atomic E-state index is 14.4. The van der Waals surface area contributed by atoms with E-state index in [0.717, 1.165) is 83.8 Å². The average molecular weight is 733 g/mol. The van der Waals surface area contributed by atoms with Gasteiger partial charge in [-0.2, -0.15) is 0 Å². The Kier molecular flexibility index (Phi) is 15.1. The summed E-state index contributed by atoms with van der Waals surface area (Å²) in [4.78, 5) is 41.6. The van der Waals surface area contributed by atoms with E-state index in [1.54, 1.807) is 0 Å². The zero-order valence-corrected chi connectivity index (χ0v) is 34.1. The number of nitrogens with two attached hydrogens (primary N) is 2. The Morgan fingerprint density at radius 2 is 1.46 bits per heavy atom. The van der Waals surface area contributed by atoms with Crippen molar-refractivity contribution in [3.8, 4) is 0 Å². The van der Waals surface area contributed by atoms with E-state index in [1.165, 1.54) is 13.8 Å². The molecule has 0 aromatic carbocycles. The molecule has 0 aromatic rings. The van der Waals surface area contributed by atoms with E-state index < -0.39 is 6.10 Å². The minimum Gasteiger partial charge on any atom is -0.462 e. The van der Waals surface area contributed by atoms with E-state index in [9.17, 15) is 19.5 Å². The van der Waals surface area contributed by atoms with E-state index in [0.29, 0.717) is 44.3 Å². The zero-order valence-electron chi connectivity index (χ0n) is 34.1. The minimum atomic E-state index is -0.528. The Hall–Kier alpha value is -1.75. The van der Waals surface area contributed by atoms with Crippen LogP contribution in [0.15, 0.2) is 0 Å². The molecule has 0 spiro atoms. The summed E-state index contributed by atoms with van der Waals surface area (Å²) >= 11 is 0. The van der Waals surface area contributed by atoms with Crippen LogP contribution in [0.2, 0.25) is 0 Å². The number of hydrogen-bond donors (Lipinski definition) is 4. The molecule has 10 heteroatoms. The second-order valence-corrected chi connectivity index (χ2v) is 18.6. The van der Waals surface area contributed by atoms with E-state index in [-0.39, 0.29) is 75.9 Å². The van der Waals surface area contributed by atoms with Crippen molar-refractivity contribution < 1.29 is 29.0 Å². The first-order chi connectivity index (χ1) is 24.5. The Balaban J connectivity index is 1.61. The number of amides is 1. The number of aliphatic hydroxyl groups excluding tert-OH is 1. The summed E-state index contributed by atoms with van der Waals surface area (Å²) in [5.41, 5.74) is 11.0. The molecule has 12 atom stereocenters. The first-order valence-corrected chi connectivity index (χ1v) is 21.0. The van der Waals surface area contributed by atoms with Gasteiger partial charge in [0.15, 0.2) is 0 Å². The maximum absolute atomic E-state index is 14.4. The number of aliphatic hydroxyl groups is 1. The number of hydrogen-bond acceptors (Lipinski definition) is 9. The summed E-state index contributed by atoms with van der Waals surface area (Å²) in [6, 6.07) is 0. The summed E-state index contributed by atoms with van der Waals surface area (Å²) < 4.78 is 12.1. The Morgan fingerprint density at radius 3 is 2.06 bits per heavy atom. The van der Waals surface area contributed by atoms with E-state index in [4.69, 9.17) is 20.9 Å². The fourth-order valence-electron chi connectivity index (χ4n) is 12.6. The maximum Gasteiger partial charge on any atom is 0.302 e. The number of nitrogens with one attached hydrogen (secondary N) is 1. The van der Waals surface area contributed by atoms with Crippen LogP contribution >= 0.6 is 0 Å². The summed E-state index contributed by atoms with van der Waals surface area (Å²) in [6.45, 7) is 21.5. The van der Waals surface area contributed by atoms with Crippen molar-refractivity contribution in [3.05, 3.63) is 0 Å². The van der Waals surface area contributed by atoms with Crippen molar-refractivity contribution in [3.63, 3.8) is 0 Å². The molecule has 4 saturated carbocycles. The van der Waals surface area contributed by atoms with Crippen molar-refractivity contribution in [1.82, 2.24) is 10.2 Å². The molecule has 300 valence electrons. The molecule has 4 aliphatic carbocycles. The van der Waals surface area contributed by atoms with E-state index >= 15 is 0 Å². The molecule has 4 rings (SSSR count). The molecule has 0 bridgehead atoms. The minimum absolute atomic E-state index is 0.0425. The molecule has 6 N–H and O–H groups in total. The van der Waals surface area contributed by atoms with Crippen LogP contribution in [-0.2, 0) is 23.9 Å². The predicted molar refractivity (Wildman–Crippen MR) is 206 cm³/mol. The van der Waals surface area contributed by atoms with E-state index in [1.807, 2.05) is 0 Å². The highest BCUT2D eigenvalue weighted by Gasteiger charge is 2.72. The SMILES string of the molecule is CC(=O)O[C@H]1C[C@@]2(C)[C@@H](C[C@@H](O)[C@H]3[C@@]4(C)CC[C@@H](OC(C)=O)[C@@H](C)[C@@H]4CC[C@@]32C)[C@@H]1[C@H](CCCC(C)C)C(=O)NCCCN(CCCN)CCCN. The van der Waals surface area contributed by atoms with Crippen LogP contribution < -0.4 is 16.8 Å². The molecule has 10 nitrogen and oxygen atoms in total. The highest BCUT2D eigenvalue weighted by atomic mass is 16.5. The lowest BCUT2D eigenvalue weighted by Gasteiger charge is -2.69. The van der Waals surface area contributed by atoms with Crippen LogP contribution in [0.1, 0.15) is 132 Å². The van der Waals surface area contributed by atoms with Gasteiger partial charge in [-0.25, -0.2) is 0 Å². The molecular formula is C42H76N4O6. The Labute approximate surface area is 315 Å². The van der Waals surface area contributed by atoms with Crippen LogP contribution in [0.25, 0.3) is 0 Å². The molecule has 0 aliphatic heterocycles. The van der Waals surface area contributed by atoms with Gasteiger partial charge in [-0.1, -0.05) is 54.4 Å². The van der Waals surface area contributed by atoms with Crippen LogP contribution in [-0.4, -0.2) is 85.4 Å². The van der Waals surface area contributed by atoms with Gasteiger partial charge in [0.2, 0.25) is 5.91 Å². The number of nitrogens with zero attached hydrogens (tertiary/aromatic N) is 1. The molecule has 0 unspecified atom stereocenters. The van der Waals surface area contributed by atoms with Gasteiger partial charge in [-0.3, -0.25) is 14.4 Å². The monoisotopic (exact) mass is 733 g/mol. The lowest BCUT2D eigenvalue weighted by molar-refractivity contribution is -0.241. The van der Waals surface area contributed by atoms with Crippen LogP contribution in [0.3, 0.4) is 0 Å². The van der Waals surface area contributed by atoms with Crippen molar-refractivity contribution in [2.24, 2.45) is 69.1 Å². The Bertz CT molecular complexity index is 1190. The second kappa shape index (κ2) is 18.3. The third-order valence-electron chi connectivity index (χ3n) is 15.0. The third kappa shape index (κ3) is 9.03. The number of carbonyl (C=O) groups excluding carboxylic acids is 3. The summed E-state index contributed by atoms with van der Waals surface area (Å²) in [7, 11) is 0. The highest BCUT2D eigenvalue weighted by Crippen LogP contribution is 2.75. The van der Waals surface area contributed by atoms with Gasteiger partial charge in [0.25, 0.3) is 0 Å². The molecule has 0 saturated heterocycles. The number of fused-ring (bicyclic) bond motifs is 5. The van der Waals surface area contributed by atoms with Crippen LogP contribution in [0.5, 0.6) is 0 Å². The van der Waals surface area contributed by atoms with Gasteiger partial charge in [0, 0.05) is 32.2 Å². The highest BCUT2D eigenvalue weighted by molar-refractivity contribution is 5.79. The fraction of sp³-hybridized carbons (Fsp3) is 0.929. The predicted octanol–water partition coefficient (Wildman–Crippen LogP) is 5.67. The zero-order chi connectivity index (χ0) is 38.4. The number of esters is 2. The Morgan fingerprint density at radius 1 is 0.846 bits per heavy atom. The largest absolute Gasteiger partial charge is 0.462 e. The van der Waals surface area contributed by atoms with E-state index in [2.05, 4.69) is 51.8 Å². The van der Waals surface area contributed by atoms with Gasteiger partial charge in [0.1, 0.15) is 12.2 Å². The number of rotatable bonds is 18. The standard InChI is InChI=1S/C42H76N4O6/c1-27(2)13-9-14-31(39(50)45-21-12-24-46(22-10-19-43)23-11-20-44)37-33-25-34(49)38-40(6)17-16-35(51-29(4)47)28(3)32(40)15-18-41(38,7)42(33,8)26-36(37)52-30(5)48/h27-28,31-38,49H,9-26,43-44H2,1-8H3,(H,45,50)/t28-,31-,32-,33-,34+,35+,36-,37-,38-,40-,41-,42-/m0/s1. The molecule has 4 fully saturated rings. The first-order valence-electron chi connectivity index (χ1n) is 21.0. The van der Waals surface area contributed by atoms with Crippen LogP contribution in [0.4, 0.5) is 0 Å². The fourth-order valence-corrected chi connectivity index (χ4v) is 12.6. The quantitative estimate of drug-likeness (QED) is 0.103.